The molecule has 2 rings (SSSR count). The van der Waals surface area contributed by atoms with Crippen LogP contribution >= 0.6 is 23.8 Å². The molecule has 1 fully saturated rings. The number of rotatable bonds is 6. The highest BCUT2D eigenvalue weighted by Gasteiger charge is 2.18. The lowest BCUT2D eigenvalue weighted by atomic mass is 9.95. The lowest BCUT2D eigenvalue weighted by Gasteiger charge is -2.23. The van der Waals surface area contributed by atoms with Crippen LogP contribution in [0.5, 0.6) is 0 Å². The summed E-state index contributed by atoms with van der Waals surface area (Å²) in [5.41, 5.74) is 0.835. The van der Waals surface area contributed by atoms with E-state index in [9.17, 15) is 14.4 Å². The summed E-state index contributed by atoms with van der Waals surface area (Å²) in [7, 11) is 0. The SMILES string of the molecule is CCOC(=O)/C=C/C(=O)NC(=S)Nc1ccc(Cl)c(C(=O)NC2CCCCC2)c1. The molecule has 0 aromatic heterocycles. The van der Waals surface area contributed by atoms with Crippen LogP contribution in [0.25, 0.3) is 0 Å². The largest absolute Gasteiger partial charge is 0.463 e. The molecular weight excluding hydrogens is 414 g/mol. The van der Waals surface area contributed by atoms with Gasteiger partial charge in [0, 0.05) is 23.9 Å². The Morgan fingerprint density at radius 1 is 1.21 bits per heavy atom. The molecule has 1 saturated carbocycles. The molecule has 1 aliphatic rings. The minimum atomic E-state index is -0.618. The fourth-order valence-electron chi connectivity index (χ4n) is 2.94. The van der Waals surface area contributed by atoms with Gasteiger partial charge in [-0.2, -0.15) is 0 Å². The van der Waals surface area contributed by atoms with E-state index in [4.69, 9.17) is 23.8 Å². The third-order valence-electron chi connectivity index (χ3n) is 4.30. The summed E-state index contributed by atoms with van der Waals surface area (Å²) in [4.78, 5) is 35.6. The standard InChI is InChI=1S/C20H24ClN3O4S/c1-2-28-18(26)11-10-17(25)24-20(29)23-14-8-9-16(21)15(12-14)19(27)22-13-6-4-3-5-7-13/h8-13H,2-7H2,1H3,(H,22,27)(H2,23,24,25,29)/b11-10+. The molecule has 2 amide bonds. The molecule has 0 spiro atoms. The van der Waals surface area contributed by atoms with Gasteiger partial charge in [-0.1, -0.05) is 30.9 Å². The zero-order chi connectivity index (χ0) is 21.2. The maximum Gasteiger partial charge on any atom is 0.330 e. The van der Waals surface area contributed by atoms with E-state index in [-0.39, 0.29) is 23.7 Å². The highest BCUT2D eigenvalue weighted by molar-refractivity contribution is 7.80. The minimum Gasteiger partial charge on any atom is -0.463 e. The van der Waals surface area contributed by atoms with Gasteiger partial charge < -0.3 is 15.4 Å². The molecule has 1 aromatic rings. The van der Waals surface area contributed by atoms with Crippen molar-refractivity contribution >= 4 is 52.4 Å². The van der Waals surface area contributed by atoms with Gasteiger partial charge in [-0.05, 0) is 50.2 Å². The average molecular weight is 438 g/mol. The highest BCUT2D eigenvalue weighted by atomic mass is 35.5. The Bertz CT molecular complexity index is 807. The van der Waals surface area contributed by atoms with E-state index >= 15 is 0 Å². The van der Waals surface area contributed by atoms with Crippen molar-refractivity contribution in [3.05, 3.63) is 40.9 Å². The number of ether oxygens (including phenoxy) is 1. The van der Waals surface area contributed by atoms with E-state index in [0.29, 0.717) is 16.3 Å². The number of nitrogens with one attached hydrogen (secondary N) is 3. The maximum absolute atomic E-state index is 12.6. The van der Waals surface area contributed by atoms with Crippen molar-refractivity contribution < 1.29 is 19.1 Å². The van der Waals surface area contributed by atoms with Crippen molar-refractivity contribution in [3.8, 4) is 0 Å². The van der Waals surface area contributed by atoms with Gasteiger partial charge in [-0.15, -0.1) is 0 Å². The molecule has 0 unspecified atom stereocenters. The van der Waals surface area contributed by atoms with E-state index in [2.05, 4.69) is 20.7 Å². The number of esters is 1. The summed E-state index contributed by atoms with van der Waals surface area (Å²) in [6.45, 7) is 1.89. The molecular formula is C20H24ClN3O4S. The minimum absolute atomic E-state index is 0.0180. The van der Waals surface area contributed by atoms with Gasteiger partial charge in [0.15, 0.2) is 5.11 Å². The van der Waals surface area contributed by atoms with Crippen molar-refractivity contribution in [2.75, 3.05) is 11.9 Å². The Balaban J connectivity index is 1.94. The summed E-state index contributed by atoms with van der Waals surface area (Å²) in [5.74, 6) is -1.44. The maximum atomic E-state index is 12.6. The number of anilines is 1. The first kappa shape index (κ1) is 22.8. The molecule has 0 bridgehead atoms. The van der Waals surface area contributed by atoms with E-state index in [0.717, 1.165) is 37.8 Å². The van der Waals surface area contributed by atoms with Gasteiger partial charge in [0.1, 0.15) is 0 Å². The first-order chi connectivity index (χ1) is 13.9. The van der Waals surface area contributed by atoms with Crippen molar-refractivity contribution in [3.63, 3.8) is 0 Å². The highest BCUT2D eigenvalue weighted by Crippen LogP contribution is 2.22. The van der Waals surface area contributed by atoms with Crippen LogP contribution in [0.15, 0.2) is 30.4 Å². The Morgan fingerprint density at radius 2 is 1.93 bits per heavy atom. The second-order valence-electron chi connectivity index (χ2n) is 6.53. The van der Waals surface area contributed by atoms with Crippen LogP contribution in [-0.2, 0) is 14.3 Å². The molecule has 3 N–H and O–H groups in total. The Labute approximate surface area is 180 Å². The van der Waals surface area contributed by atoms with Gasteiger partial charge in [-0.25, -0.2) is 4.79 Å². The first-order valence-electron chi connectivity index (χ1n) is 9.46. The molecule has 156 valence electrons. The second-order valence-corrected chi connectivity index (χ2v) is 7.35. The average Bonchev–Trinajstić information content (AvgIpc) is 2.68. The lowest BCUT2D eigenvalue weighted by molar-refractivity contribution is -0.137. The topological polar surface area (TPSA) is 96.5 Å². The van der Waals surface area contributed by atoms with Gasteiger partial charge in [-0.3, -0.25) is 14.9 Å². The molecule has 0 saturated heterocycles. The smallest absolute Gasteiger partial charge is 0.330 e. The predicted molar refractivity (Wildman–Crippen MR) is 116 cm³/mol. The monoisotopic (exact) mass is 437 g/mol. The van der Waals surface area contributed by atoms with E-state index in [1.165, 1.54) is 6.42 Å². The molecule has 1 aliphatic carbocycles. The first-order valence-corrected chi connectivity index (χ1v) is 10.2. The Hall–Kier alpha value is -2.45. The molecule has 1 aromatic carbocycles. The predicted octanol–water partition coefficient (Wildman–Crippen LogP) is 3.33. The van der Waals surface area contributed by atoms with Crippen LogP contribution in [0.4, 0.5) is 5.69 Å². The fraction of sp³-hybridized carbons (Fsp3) is 0.400. The van der Waals surface area contributed by atoms with Crippen LogP contribution in [0.2, 0.25) is 5.02 Å². The number of carbonyl (C=O) groups excluding carboxylic acids is 3. The quantitative estimate of drug-likeness (QED) is 0.359. The molecule has 7 nitrogen and oxygen atoms in total. The third-order valence-corrected chi connectivity index (χ3v) is 4.84. The number of carbonyl (C=O) groups is 3. The zero-order valence-electron chi connectivity index (χ0n) is 16.1. The van der Waals surface area contributed by atoms with Crippen molar-refractivity contribution in [2.45, 2.75) is 45.1 Å². The zero-order valence-corrected chi connectivity index (χ0v) is 17.7. The number of amides is 2. The number of benzene rings is 1. The van der Waals surface area contributed by atoms with E-state index < -0.39 is 11.9 Å². The summed E-state index contributed by atoms with van der Waals surface area (Å²) >= 11 is 11.3. The van der Waals surface area contributed by atoms with Gasteiger partial charge in [0.2, 0.25) is 5.91 Å². The number of thiocarbonyl (C=S) groups is 1. The van der Waals surface area contributed by atoms with Crippen LogP contribution in [0, 0.1) is 0 Å². The van der Waals surface area contributed by atoms with Gasteiger partial charge in [0.05, 0.1) is 17.2 Å². The van der Waals surface area contributed by atoms with Crippen LogP contribution < -0.4 is 16.0 Å². The summed E-state index contributed by atoms with van der Waals surface area (Å²) in [5, 5.41) is 8.60. The molecule has 0 radical (unpaired) electrons. The Kier molecular flexibility index (Phi) is 9.08. The number of hydrogen-bond acceptors (Lipinski definition) is 5. The van der Waals surface area contributed by atoms with Gasteiger partial charge >= 0.3 is 5.97 Å². The number of halogens is 1. The summed E-state index contributed by atoms with van der Waals surface area (Å²) in [6.07, 6.45) is 7.39. The second kappa shape index (κ2) is 11.5. The molecule has 9 heteroatoms. The molecule has 0 heterocycles. The summed E-state index contributed by atoms with van der Waals surface area (Å²) < 4.78 is 4.69. The molecule has 29 heavy (non-hydrogen) atoms. The van der Waals surface area contributed by atoms with E-state index in [1.54, 1.807) is 25.1 Å². The van der Waals surface area contributed by atoms with Crippen molar-refractivity contribution in [2.24, 2.45) is 0 Å². The fourth-order valence-corrected chi connectivity index (χ4v) is 3.36. The lowest BCUT2D eigenvalue weighted by Crippen LogP contribution is -2.36. The normalized spacial score (nSPS) is 14.3. The van der Waals surface area contributed by atoms with E-state index in [1.807, 2.05) is 0 Å². The van der Waals surface area contributed by atoms with Crippen molar-refractivity contribution in [1.82, 2.24) is 10.6 Å². The Morgan fingerprint density at radius 3 is 2.62 bits per heavy atom. The van der Waals surface area contributed by atoms with Crippen LogP contribution in [0.1, 0.15) is 49.4 Å². The molecule has 0 aliphatic heterocycles. The van der Waals surface area contributed by atoms with Crippen molar-refractivity contribution in [1.29, 1.82) is 0 Å². The third kappa shape index (κ3) is 7.83. The summed E-state index contributed by atoms with van der Waals surface area (Å²) in [6, 6.07) is 4.97. The van der Waals surface area contributed by atoms with Crippen LogP contribution in [-0.4, -0.2) is 35.5 Å². The molecule has 0 atom stereocenters. The number of hydrogen-bond donors (Lipinski definition) is 3. The van der Waals surface area contributed by atoms with Gasteiger partial charge in [0.25, 0.3) is 5.91 Å². The van der Waals surface area contributed by atoms with Crippen LogP contribution in [0.3, 0.4) is 0 Å².